The molecular formula is C25H21F3N6O2S. The topological polar surface area (TPSA) is 95.6 Å². The van der Waals surface area contributed by atoms with Crippen molar-refractivity contribution in [2.45, 2.75) is 24.5 Å². The zero-order valence-corrected chi connectivity index (χ0v) is 20.8. The number of fused-ring (bicyclic) bond motifs is 1. The van der Waals surface area contributed by atoms with E-state index in [1.807, 2.05) is 0 Å². The number of aromatic nitrogens is 6. The second-order valence-electron chi connectivity index (χ2n) is 8.75. The number of hydrogen-bond acceptors (Lipinski definition) is 6. The fourth-order valence-electron chi connectivity index (χ4n) is 4.14. The molecule has 0 bridgehead atoms. The molecule has 8 nitrogen and oxygen atoms in total. The van der Waals surface area contributed by atoms with Crippen LogP contribution in [0, 0.1) is 6.92 Å². The van der Waals surface area contributed by atoms with Crippen molar-refractivity contribution >= 4 is 20.9 Å². The third kappa shape index (κ3) is 4.71. The fraction of sp³-hybridized carbons (Fsp3) is 0.200. The van der Waals surface area contributed by atoms with E-state index in [0.717, 1.165) is 23.6 Å². The molecule has 3 aromatic heterocycles. The number of nitrogens with zero attached hydrogens (tertiary/aromatic N) is 6. The van der Waals surface area contributed by atoms with E-state index in [1.165, 1.54) is 17.7 Å². The summed E-state index contributed by atoms with van der Waals surface area (Å²) in [6, 6.07) is 12.0. The van der Waals surface area contributed by atoms with Gasteiger partial charge < -0.3 is 4.57 Å². The lowest BCUT2D eigenvalue weighted by atomic mass is 10.1. The van der Waals surface area contributed by atoms with E-state index < -0.39 is 21.7 Å². The maximum absolute atomic E-state index is 13.0. The Balaban J connectivity index is 1.48. The number of halogens is 3. The van der Waals surface area contributed by atoms with Crippen molar-refractivity contribution in [3.63, 3.8) is 0 Å². The van der Waals surface area contributed by atoms with E-state index in [2.05, 4.69) is 20.1 Å². The first-order chi connectivity index (χ1) is 17.4. The number of hydrogen-bond donors (Lipinski definition) is 0. The van der Waals surface area contributed by atoms with Crippen molar-refractivity contribution in [1.29, 1.82) is 0 Å². The van der Waals surface area contributed by atoms with Crippen LogP contribution in [0.5, 0.6) is 0 Å². The van der Waals surface area contributed by atoms with Crippen LogP contribution in [0.2, 0.25) is 0 Å². The van der Waals surface area contributed by atoms with Crippen LogP contribution in [-0.4, -0.2) is 44.0 Å². The highest BCUT2D eigenvalue weighted by Gasteiger charge is 2.34. The van der Waals surface area contributed by atoms with Gasteiger partial charge in [-0.1, -0.05) is 36.4 Å². The second-order valence-corrected chi connectivity index (χ2v) is 10.7. The fourth-order valence-corrected chi connectivity index (χ4v) is 5.09. The lowest BCUT2D eigenvalue weighted by molar-refractivity contribution is -0.140. The molecule has 0 atom stereocenters. The van der Waals surface area contributed by atoms with Crippen molar-refractivity contribution in [2.24, 2.45) is 7.05 Å². The van der Waals surface area contributed by atoms with Crippen LogP contribution in [-0.2, 0) is 29.6 Å². The maximum Gasteiger partial charge on any atom is 0.434 e. The molecule has 0 saturated heterocycles. The Labute approximate surface area is 210 Å². The summed E-state index contributed by atoms with van der Waals surface area (Å²) in [7, 11) is -2.00. The number of benzene rings is 2. The highest BCUT2D eigenvalue weighted by atomic mass is 32.2. The van der Waals surface area contributed by atoms with Crippen LogP contribution in [0.15, 0.2) is 66.0 Å². The molecule has 0 aliphatic heterocycles. The van der Waals surface area contributed by atoms with E-state index in [4.69, 9.17) is 0 Å². The number of aryl methyl sites for hydroxylation is 2. The molecule has 0 aliphatic carbocycles. The molecule has 37 heavy (non-hydrogen) atoms. The molecule has 0 spiro atoms. The Hall–Kier alpha value is -4.06. The minimum atomic E-state index is -4.52. The molecular weight excluding hydrogens is 505 g/mol. The molecule has 0 radical (unpaired) electrons. The Morgan fingerprint density at radius 3 is 2.38 bits per heavy atom. The summed E-state index contributed by atoms with van der Waals surface area (Å²) >= 11 is 0. The molecule has 0 aliphatic rings. The summed E-state index contributed by atoms with van der Waals surface area (Å²) < 4.78 is 66.8. The summed E-state index contributed by atoms with van der Waals surface area (Å²) in [6.45, 7) is 2.14. The molecule has 12 heteroatoms. The normalized spacial score (nSPS) is 12.4. The lowest BCUT2D eigenvalue weighted by Gasteiger charge is -2.11. The van der Waals surface area contributed by atoms with Crippen LogP contribution >= 0.6 is 0 Å². The minimum absolute atomic E-state index is 0.150. The van der Waals surface area contributed by atoms with Gasteiger partial charge in [0.1, 0.15) is 5.82 Å². The van der Waals surface area contributed by atoms with E-state index >= 15 is 0 Å². The third-order valence-electron chi connectivity index (χ3n) is 5.95. The number of sulfone groups is 1. The van der Waals surface area contributed by atoms with Gasteiger partial charge in [0, 0.05) is 36.8 Å². The lowest BCUT2D eigenvalue weighted by Crippen LogP contribution is -2.06. The zero-order valence-electron chi connectivity index (χ0n) is 20.0. The summed E-state index contributed by atoms with van der Waals surface area (Å²) in [4.78, 5) is 12.9. The van der Waals surface area contributed by atoms with Gasteiger partial charge in [-0.05, 0) is 24.1 Å². The van der Waals surface area contributed by atoms with Gasteiger partial charge >= 0.3 is 6.18 Å². The van der Waals surface area contributed by atoms with Gasteiger partial charge in [-0.25, -0.2) is 28.1 Å². The number of alkyl halides is 3. The van der Waals surface area contributed by atoms with Crippen molar-refractivity contribution in [3.05, 3.63) is 77.9 Å². The van der Waals surface area contributed by atoms with Gasteiger partial charge in [0.2, 0.25) is 0 Å². The van der Waals surface area contributed by atoms with Crippen LogP contribution in [0.4, 0.5) is 13.2 Å². The molecule has 0 unspecified atom stereocenters. The van der Waals surface area contributed by atoms with Crippen molar-refractivity contribution < 1.29 is 21.6 Å². The van der Waals surface area contributed by atoms with Crippen molar-refractivity contribution in [3.8, 4) is 22.8 Å². The Kier molecular flexibility index (Phi) is 5.86. The van der Waals surface area contributed by atoms with Gasteiger partial charge in [-0.3, -0.25) is 0 Å². The predicted octanol–water partition coefficient (Wildman–Crippen LogP) is 4.67. The minimum Gasteiger partial charge on any atom is -0.333 e. The SMILES string of the molecule is Cc1cccc(S(C)(=O)=O)c1-c1ncc2cnn(Cc3ccc(-c4nc(C(F)(F)F)cn4C)cc3)c2n1. The Bertz CT molecular complexity index is 1740. The van der Waals surface area contributed by atoms with Gasteiger partial charge in [-0.2, -0.15) is 18.3 Å². The van der Waals surface area contributed by atoms with Gasteiger partial charge in [0.15, 0.2) is 27.0 Å². The van der Waals surface area contributed by atoms with Gasteiger partial charge in [0.25, 0.3) is 0 Å². The smallest absolute Gasteiger partial charge is 0.333 e. The predicted molar refractivity (Wildman–Crippen MR) is 131 cm³/mol. The molecule has 3 heterocycles. The molecule has 190 valence electrons. The molecule has 0 fully saturated rings. The van der Waals surface area contributed by atoms with Crippen LogP contribution in [0.25, 0.3) is 33.8 Å². The van der Waals surface area contributed by atoms with Crippen LogP contribution in [0.1, 0.15) is 16.8 Å². The quantitative estimate of drug-likeness (QED) is 0.330. The van der Waals surface area contributed by atoms with E-state index in [9.17, 15) is 21.6 Å². The first-order valence-corrected chi connectivity index (χ1v) is 13.0. The standard InChI is InChI=1S/C25H21F3N6O2S/c1-15-5-4-6-19(37(3,35)36)21(15)22-29-11-18-12-30-34(24(18)32-22)13-16-7-9-17(10-8-16)23-31-20(14-33(23)2)25(26,27)28/h4-12,14H,13H2,1-3H3. The molecule has 2 aromatic carbocycles. The van der Waals surface area contributed by atoms with Gasteiger partial charge in [-0.15, -0.1) is 0 Å². The van der Waals surface area contributed by atoms with Crippen molar-refractivity contribution in [1.82, 2.24) is 29.3 Å². The van der Waals surface area contributed by atoms with E-state index in [1.54, 1.807) is 60.4 Å². The molecule has 0 amide bonds. The van der Waals surface area contributed by atoms with E-state index in [-0.39, 0.29) is 16.5 Å². The summed E-state index contributed by atoms with van der Waals surface area (Å²) in [6.07, 6.45) is 0.808. The van der Waals surface area contributed by atoms with Crippen LogP contribution < -0.4 is 0 Å². The Morgan fingerprint density at radius 1 is 1.00 bits per heavy atom. The first-order valence-electron chi connectivity index (χ1n) is 11.1. The maximum atomic E-state index is 13.0. The highest BCUT2D eigenvalue weighted by Crippen LogP contribution is 2.31. The Morgan fingerprint density at radius 2 is 1.73 bits per heavy atom. The first kappa shape index (κ1) is 24.6. The number of imidazole rings is 1. The third-order valence-corrected chi connectivity index (χ3v) is 7.08. The molecule has 5 rings (SSSR count). The van der Waals surface area contributed by atoms with Gasteiger partial charge in [0.05, 0.1) is 23.0 Å². The summed E-state index contributed by atoms with van der Waals surface area (Å²) in [5.74, 6) is 0.485. The average Bonchev–Trinajstić information content (AvgIpc) is 3.42. The average molecular weight is 527 g/mol. The largest absolute Gasteiger partial charge is 0.434 e. The molecule has 0 saturated carbocycles. The molecule has 5 aromatic rings. The number of rotatable bonds is 5. The summed E-state index contributed by atoms with van der Waals surface area (Å²) in [5.41, 5.74) is 2.14. The zero-order chi connectivity index (χ0) is 26.5. The van der Waals surface area contributed by atoms with E-state index in [0.29, 0.717) is 28.7 Å². The monoisotopic (exact) mass is 526 g/mol. The van der Waals surface area contributed by atoms with Crippen molar-refractivity contribution in [2.75, 3.05) is 6.26 Å². The molecule has 0 N–H and O–H groups in total. The van der Waals surface area contributed by atoms with Crippen LogP contribution in [0.3, 0.4) is 0 Å². The second kappa shape index (κ2) is 8.80. The summed E-state index contributed by atoms with van der Waals surface area (Å²) in [5, 5.41) is 5.08. The highest BCUT2D eigenvalue weighted by molar-refractivity contribution is 7.90.